The van der Waals surface area contributed by atoms with Gasteiger partial charge in [-0.25, -0.2) is 4.79 Å². The van der Waals surface area contributed by atoms with E-state index in [4.69, 9.17) is 21.7 Å². The van der Waals surface area contributed by atoms with Gasteiger partial charge < -0.3 is 19.5 Å². The lowest BCUT2D eigenvalue weighted by Crippen LogP contribution is -2.38. The van der Waals surface area contributed by atoms with Crippen molar-refractivity contribution in [2.24, 2.45) is 0 Å². The number of halogens is 1. The minimum absolute atomic E-state index is 0.0761. The minimum Gasteiger partial charge on any atom is -0.493 e. The summed E-state index contributed by atoms with van der Waals surface area (Å²) in [5.41, 5.74) is 1.07. The third-order valence-electron chi connectivity index (χ3n) is 6.03. The van der Waals surface area contributed by atoms with Crippen molar-refractivity contribution in [3.05, 3.63) is 63.0 Å². The predicted octanol–water partition coefficient (Wildman–Crippen LogP) is 4.88. The molecule has 37 heavy (non-hydrogen) atoms. The number of ether oxygens (including phenoxy) is 2. The summed E-state index contributed by atoms with van der Waals surface area (Å²) >= 11 is 9.91. The zero-order valence-corrected chi connectivity index (χ0v) is 23.2. The summed E-state index contributed by atoms with van der Waals surface area (Å²) in [5.74, 6) is -0.974. The molecule has 194 valence electrons. The van der Waals surface area contributed by atoms with Gasteiger partial charge in [-0.05, 0) is 64.5 Å². The van der Waals surface area contributed by atoms with Crippen LogP contribution in [0.15, 0.2) is 51.8 Å². The summed E-state index contributed by atoms with van der Waals surface area (Å²) in [5, 5.41) is 9.86. The largest absolute Gasteiger partial charge is 0.493 e. The van der Waals surface area contributed by atoms with E-state index in [0.29, 0.717) is 27.1 Å². The summed E-state index contributed by atoms with van der Waals surface area (Å²) in [6.07, 6.45) is 4.75. The van der Waals surface area contributed by atoms with E-state index in [2.05, 4.69) is 15.9 Å². The van der Waals surface area contributed by atoms with Crippen LogP contribution in [0.3, 0.4) is 0 Å². The zero-order chi connectivity index (χ0) is 26.5. The number of thioether (sulfide) groups is 1. The van der Waals surface area contributed by atoms with Gasteiger partial charge in [0, 0.05) is 13.1 Å². The minimum atomic E-state index is -1.23. The van der Waals surface area contributed by atoms with Gasteiger partial charge in [0.1, 0.15) is 4.32 Å². The number of amides is 2. The van der Waals surface area contributed by atoms with Crippen molar-refractivity contribution in [1.29, 1.82) is 0 Å². The van der Waals surface area contributed by atoms with E-state index < -0.39 is 17.9 Å². The molecule has 0 aliphatic carbocycles. The van der Waals surface area contributed by atoms with E-state index in [1.807, 2.05) is 0 Å². The molecule has 1 unspecified atom stereocenters. The van der Waals surface area contributed by atoms with Crippen LogP contribution in [0, 0.1) is 0 Å². The van der Waals surface area contributed by atoms with Crippen LogP contribution in [0.4, 0.5) is 0 Å². The maximum Gasteiger partial charge on any atom is 0.331 e. The Morgan fingerprint density at radius 1 is 1.19 bits per heavy atom. The van der Waals surface area contributed by atoms with Crippen LogP contribution in [0.5, 0.6) is 11.5 Å². The van der Waals surface area contributed by atoms with Crippen LogP contribution in [-0.2, 0) is 14.4 Å². The van der Waals surface area contributed by atoms with Crippen molar-refractivity contribution in [2.75, 3.05) is 26.8 Å². The molecule has 2 aliphatic heterocycles. The van der Waals surface area contributed by atoms with Crippen LogP contribution in [-0.4, -0.2) is 63.8 Å². The number of carbonyl (C=O) groups is 3. The van der Waals surface area contributed by atoms with Crippen molar-refractivity contribution in [2.45, 2.75) is 25.3 Å². The van der Waals surface area contributed by atoms with E-state index in [1.165, 1.54) is 7.11 Å². The molecule has 2 heterocycles. The molecule has 2 aliphatic rings. The molecule has 0 saturated carbocycles. The quantitative estimate of drug-likeness (QED) is 0.336. The lowest BCUT2D eigenvalue weighted by molar-refractivity contribution is -0.145. The zero-order valence-electron chi connectivity index (χ0n) is 20.0. The molecule has 2 aromatic rings. The van der Waals surface area contributed by atoms with Crippen LogP contribution in [0.25, 0.3) is 6.08 Å². The van der Waals surface area contributed by atoms with Gasteiger partial charge in [-0.15, -0.1) is 0 Å². The number of hydrogen-bond acceptors (Lipinski definition) is 7. The van der Waals surface area contributed by atoms with Gasteiger partial charge in [0.05, 0.1) is 16.5 Å². The molecule has 1 N–H and O–H groups in total. The number of benzene rings is 2. The Morgan fingerprint density at radius 2 is 1.89 bits per heavy atom. The summed E-state index contributed by atoms with van der Waals surface area (Å²) in [4.78, 5) is 41.1. The number of aliphatic carboxylic acids is 1. The fourth-order valence-corrected chi connectivity index (χ4v) is 6.11. The second-order valence-electron chi connectivity index (χ2n) is 8.47. The fourth-order valence-electron chi connectivity index (χ4n) is 4.22. The Labute approximate surface area is 232 Å². The summed E-state index contributed by atoms with van der Waals surface area (Å²) in [6.45, 7) is 1.37. The fraction of sp³-hybridized carbons (Fsp3) is 0.308. The third-order valence-corrected chi connectivity index (χ3v) is 7.95. The number of rotatable bonds is 8. The van der Waals surface area contributed by atoms with Gasteiger partial charge in [0.2, 0.25) is 0 Å². The van der Waals surface area contributed by atoms with Crippen molar-refractivity contribution < 1.29 is 29.0 Å². The first-order chi connectivity index (χ1) is 17.8. The SMILES string of the molecule is COc1cc(/C=C2/SC(=S)N(C(C(=O)O)c3ccccc3)C2=O)cc(Br)c1OCC(=O)N1CCCCC1. The van der Waals surface area contributed by atoms with Crippen LogP contribution < -0.4 is 9.47 Å². The van der Waals surface area contributed by atoms with Crippen LogP contribution in [0.2, 0.25) is 0 Å². The van der Waals surface area contributed by atoms with Crippen molar-refractivity contribution >= 4 is 68.1 Å². The Hall–Kier alpha value is -2.89. The van der Waals surface area contributed by atoms with E-state index in [-0.39, 0.29) is 21.7 Å². The molecule has 8 nitrogen and oxygen atoms in total. The standard InChI is InChI=1S/C26H25BrN2O6S2/c1-34-19-13-16(12-18(27)23(19)35-15-21(30)28-10-6-3-7-11-28)14-20-24(31)29(26(36)37-20)22(25(32)33)17-8-4-2-5-9-17/h2,4-5,8-9,12-14,22H,3,6-7,10-11,15H2,1H3,(H,32,33)/b20-14+. The number of thiocarbonyl (C=S) groups is 1. The maximum atomic E-state index is 13.2. The van der Waals surface area contributed by atoms with Gasteiger partial charge in [-0.2, -0.15) is 0 Å². The van der Waals surface area contributed by atoms with Crippen molar-refractivity contribution in [1.82, 2.24) is 9.80 Å². The molecular formula is C26H25BrN2O6S2. The molecule has 2 amide bonds. The molecule has 0 aromatic heterocycles. The Bertz CT molecular complexity index is 1250. The number of piperidine rings is 1. The first-order valence-electron chi connectivity index (χ1n) is 11.6. The van der Waals surface area contributed by atoms with Gasteiger partial charge in [0.25, 0.3) is 11.8 Å². The third kappa shape index (κ3) is 6.16. The lowest BCUT2D eigenvalue weighted by atomic mass is 10.1. The highest BCUT2D eigenvalue weighted by molar-refractivity contribution is 9.10. The molecule has 0 bridgehead atoms. The predicted molar refractivity (Wildman–Crippen MR) is 148 cm³/mol. The molecule has 2 saturated heterocycles. The number of methoxy groups -OCH3 is 1. The first-order valence-corrected chi connectivity index (χ1v) is 13.6. The normalized spacial score (nSPS) is 17.7. The monoisotopic (exact) mass is 604 g/mol. The highest BCUT2D eigenvalue weighted by Gasteiger charge is 2.41. The van der Waals surface area contributed by atoms with Crippen molar-refractivity contribution in [3.63, 3.8) is 0 Å². The van der Waals surface area contributed by atoms with Gasteiger partial charge >= 0.3 is 5.97 Å². The van der Waals surface area contributed by atoms with Gasteiger partial charge in [-0.1, -0.05) is 54.3 Å². The van der Waals surface area contributed by atoms with Gasteiger partial charge in [0.15, 0.2) is 24.1 Å². The second kappa shape index (κ2) is 12.1. The Kier molecular flexibility index (Phi) is 8.88. The summed E-state index contributed by atoms with van der Waals surface area (Å²) in [6, 6.07) is 10.7. The van der Waals surface area contributed by atoms with Crippen molar-refractivity contribution in [3.8, 4) is 11.5 Å². The molecule has 11 heteroatoms. The number of hydrogen-bond donors (Lipinski definition) is 1. The molecular weight excluding hydrogens is 580 g/mol. The average molecular weight is 606 g/mol. The molecule has 0 spiro atoms. The maximum absolute atomic E-state index is 13.2. The molecule has 2 fully saturated rings. The molecule has 4 rings (SSSR count). The Morgan fingerprint density at radius 3 is 2.54 bits per heavy atom. The first kappa shape index (κ1) is 27.2. The number of carboxylic acids is 1. The number of carbonyl (C=O) groups excluding carboxylic acids is 2. The van der Waals surface area contributed by atoms with Crippen LogP contribution in [0.1, 0.15) is 36.4 Å². The van der Waals surface area contributed by atoms with E-state index in [1.54, 1.807) is 53.4 Å². The van der Waals surface area contributed by atoms with Crippen LogP contribution >= 0.6 is 39.9 Å². The topological polar surface area (TPSA) is 96.4 Å². The smallest absolute Gasteiger partial charge is 0.331 e. The van der Waals surface area contributed by atoms with E-state index in [0.717, 1.165) is 49.0 Å². The Balaban J connectivity index is 1.54. The second-order valence-corrected chi connectivity index (χ2v) is 11.0. The molecule has 0 radical (unpaired) electrons. The molecule has 1 atom stereocenters. The summed E-state index contributed by atoms with van der Waals surface area (Å²) < 4.78 is 12.0. The van der Waals surface area contributed by atoms with E-state index >= 15 is 0 Å². The number of likely N-dealkylation sites (tertiary alicyclic amines) is 1. The average Bonchev–Trinajstić information content (AvgIpc) is 3.16. The highest BCUT2D eigenvalue weighted by atomic mass is 79.9. The number of carboxylic acid groups (broad SMARTS) is 1. The highest BCUT2D eigenvalue weighted by Crippen LogP contribution is 2.41. The van der Waals surface area contributed by atoms with E-state index in [9.17, 15) is 19.5 Å². The summed E-state index contributed by atoms with van der Waals surface area (Å²) in [7, 11) is 1.49. The number of nitrogens with zero attached hydrogens (tertiary/aromatic N) is 2. The van der Waals surface area contributed by atoms with Gasteiger partial charge in [-0.3, -0.25) is 14.5 Å². The lowest BCUT2D eigenvalue weighted by Gasteiger charge is -2.26. The molecule has 2 aromatic carbocycles.